The van der Waals surface area contributed by atoms with Crippen LogP contribution >= 0.6 is 11.6 Å². The SMILES string of the molecule is CNC(=O)c1ccccc1Nc1nc(Nc2ccc(N3CCN(CCCNC(=O)CCC(=O)N4CCC(c5nn(CC(=O)NCC(=O)NCC(=O)OC(C)C)c6cccc(-c7cc8c(cnn8C)cc7F)c56)CC4)CC3)cc2)ncc1Cl. The molecule has 0 aliphatic carbocycles. The van der Waals surface area contributed by atoms with E-state index in [0.717, 1.165) is 56.0 Å². The quantitative estimate of drug-likeness (QED) is 0.0335. The van der Waals surface area contributed by atoms with E-state index in [1.807, 2.05) is 30.3 Å². The topological polar surface area (TPSA) is 255 Å². The average Bonchev–Trinajstić information content (AvgIpc) is 3.71. The molecule has 4 aromatic carbocycles. The molecule has 22 nitrogen and oxygen atoms in total. The van der Waals surface area contributed by atoms with Gasteiger partial charge in [0.1, 0.15) is 23.9 Å². The average molecular weight is 1140 g/mol. The predicted octanol–water partition coefficient (Wildman–Crippen LogP) is 6.02. The lowest BCUT2D eigenvalue weighted by molar-refractivity contribution is -0.147. The zero-order valence-corrected chi connectivity index (χ0v) is 47.0. The minimum absolute atomic E-state index is 0.0749. The van der Waals surface area contributed by atoms with Crippen LogP contribution in [0.2, 0.25) is 5.02 Å². The van der Waals surface area contributed by atoms with Gasteiger partial charge in [0, 0.05) is 106 Å². The Morgan fingerprint density at radius 1 is 0.793 bits per heavy atom. The lowest BCUT2D eigenvalue weighted by Crippen LogP contribution is -2.47. The number of halogens is 2. The van der Waals surface area contributed by atoms with E-state index in [-0.39, 0.29) is 62.2 Å². The number of benzene rings is 4. The van der Waals surface area contributed by atoms with Gasteiger partial charge in [-0.15, -0.1) is 0 Å². The fourth-order valence-electron chi connectivity index (χ4n) is 10.3. The number of piperazine rings is 1. The van der Waals surface area contributed by atoms with Crippen molar-refractivity contribution in [1.29, 1.82) is 0 Å². The number of hydrogen-bond donors (Lipinski definition) is 6. The highest BCUT2D eigenvalue weighted by molar-refractivity contribution is 6.33. The third-order valence-electron chi connectivity index (χ3n) is 14.5. The number of nitrogens with zero attached hydrogens (tertiary/aromatic N) is 9. The number of amides is 5. The normalized spacial score (nSPS) is 14.0. The lowest BCUT2D eigenvalue weighted by atomic mass is 9.88. The van der Waals surface area contributed by atoms with Crippen molar-refractivity contribution in [3.8, 4) is 11.1 Å². The van der Waals surface area contributed by atoms with Crippen LogP contribution in [0.15, 0.2) is 91.3 Å². The van der Waals surface area contributed by atoms with Crippen LogP contribution in [0.3, 0.4) is 0 Å². The summed E-state index contributed by atoms with van der Waals surface area (Å²) in [5, 5.41) is 28.0. The molecule has 0 radical (unpaired) electrons. The van der Waals surface area contributed by atoms with Crippen molar-refractivity contribution in [3.63, 3.8) is 0 Å². The molecule has 2 fully saturated rings. The molecule has 0 saturated carbocycles. The molecule has 0 spiro atoms. The van der Waals surface area contributed by atoms with Gasteiger partial charge in [-0.05, 0) is 99.8 Å². The number of rotatable bonds is 22. The van der Waals surface area contributed by atoms with E-state index in [2.05, 4.69) is 68.9 Å². The Balaban J connectivity index is 0.719. The van der Waals surface area contributed by atoms with E-state index in [9.17, 15) is 28.8 Å². The Hall–Kier alpha value is -8.70. The van der Waals surface area contributed by atoms with Crippen molar-refractivity contribution in [3.05, 3.63) is 113 Å². The third kappa shape index (κ3) is 14.4. The molecule has 3 aromatic heterocycles. The molecular weight excluding hydrogens is 1070 g/mol. The van der Waals surface area contributed by atoms with Crippen molar-refractivity contribution in [2.75, 3.05) is 88.0 Å². The van der Waals surface area contributed by atoms with E-state index in [4.69, 9.17) is 21.4 Å². The van der Waals surface area contributed by atoms with Gasteiger partial charge in [0.25, 0.3) is 5.91 Å². The maximum absolute atomic E-state index is 16.0. The number of hydrogen-bond acceptors (Lipinski definition) is 15. The van der Waals surface area contributed by atoms with Crippen molar-refractivity contribution in [1.82, 2.24) is 60.6 Å². The van der Waals surface area contributed by atoms with Crippen molar-refractivity contribution >= 4 is 97.7 Å². The van der Waals surface area contributed by atoms with Crippen LogP contribution in [-0.2, 0) is 42.3 Å². The van der Waals surface area contributed by atoms with Crippen LogP contribution in [0.4, 0.5) is 33.2 Å². The van der Waals surface area contributed by atoms with Gasteiger partial charge in [-0.1, -0.05) is 35.9 Å². The summed E-state index contributed by atoms with van der Waals surface area (Å²) in [6.45, 7) is 8.06. The predicted molar refractivity (Wildman–Crippen MR) is 311 cm³/mol. The van der Waals surface area contributed by atoms with Crippen LogP contribution in [0.1, 0.15) is 67.9 Å². The zero-order valence-electron chi connectivity index (χ0n) is 46.3. The summed E-state index contributed by atoms with van der Waals surface area (Å²) in [5.41, 5.74) is 5.83. The summed E-state index contributed by atoms with van der Waals surface area (Å²) in [4.78, 5) is 91.9. The van der Waals surface area contributed by atoms with Gasteiger partial charge in [0.15, 0.2) is 5.82 Å². The Morgan fingerprint density at radius 3 is 2.30 bits per heavy atom. The number of piperidine rings is 1. The number of nitrogens with one attached hydrogen (secondary N) is 6. The second kappa shape index (κ2) is 26.7. The fraction of sp³-hybridized carbons (Fsp3) is 0.379. The van der Waals surface area contributed by atoms with Crippen LogP contribution < -0.4 is 36.8 Å². The number of aromatic nitrogens is 6. The van der Waals surface area contributed by atoms with E-state index in [1.165, 1.54) is 12.3 Å². The van der Waals surface area contributed by atoms with E-state index in [0.29, 0.717) is 93.6 Å². The van der Waals surface area contributed by atoms with Gasteiger partial charge in [0.05, 0.1) is 53.0 Å². The molecule has 2 aliphatic heterocycles. The maximum atomic E-state index is 16.0. The molecule has 2 saturated heterocycles. The molecule has 0 atom stereocenters. The minimum Gasteiger partial charge on any atom is -0.462 e. The number of carbonyl (C=O) groups is 6. The van der Waals surface area contributed by atoms with Crippen molar-refractivity contribution in [2.24, 2.45) is 7.05 Å². The molecule has 6 N–H and O–H groups in total. The van der Waals surface area contributed by atoms with E-state index >= 15 is 4.39 Å². The van der Waals surface area contributed by atoms with E-state index < -0.39 is 23.6 Å². The number of fused-ring (bicyclic) bond motifs is 2. The molecule has 0 unspecified atom stereocenters. The summed E-state index contributed by atoms with van der Waals surface area (Å²) in [7, 11) is 3.36. The minimum atomic E-state index is -0.595. The van der Waals surface area contributed by atoms with Gasteiger partial charge in [0.2, 0.25) is 29.6 Å². The maximum Gasteiger partial charge on any atom is 0.325 e. The number of ether oxygens (including phenoxy) is 1. The first-order valence-corrected chi connectivity index (χ1v) is 27.8. The third-order valence-corrected chi connectivity index (χ3v) is 14.8. The molecule has 5 amide bonds. The molecular formula is C58H67ClFN15O7. The number of carbonyl (C=O) groups excluding carboxylic acids is 6. The van der Waals surface area contributed by atoms with Crippen LogP contribution in [-0.4, -0.2) is 153 Å². The summed E-state index contributed by atoms with van der Waals surface area (Å²) < 4.78 is 24.3. The first-order chi connectivity index (χ1) is 39.6. The summed E-state index contributed by atoms with van der Waals surface area (Å²) >= 11 is 6.43. The zero-order chi connectivity index (χ0) is 57.9. The Kier molecular flexibility index (Phi) is 18.9. The van der Waals surface area contributed by atoms with Crippen LogP contribution in [0, 0.1) is 5.82 Å². The first kappa shape index (κ1) is 58.0. The molecule has 430 valence electrons. The Bertz CT molecular complexity index is 3460. The molecule has 9 rings (SSSR count). The van der Waals surface area contributed by atoms with Crippen LogP contribution in [0.25, 0.3) is 32.9 Å². The van der Waals surface area contributed by atoms with Gasteiger partial charge in [-0.25, -0.2) is 9.37 Å². The summed E-state index contributed by atoms with van der Waals surface area (Å²) in [5.74, 6) is -2.09. The Labute approximate surface area is 478 Å². The highest BCUT2D eigenvalue weighted by Gasteiger charge is 2.30. The summed E-state index contributed by atoms with van der Waals surface area (Å²) in [6, 6.07) is 23.8. The lowest BCUT2D eigenvalue weighted by Gasteiger charge is -2.36. The highest BCUT2D eigenvalue weighted by atomic mass is 35.5. The van der Waals surface area contributed by atoms with Gasteiger partial charge < -0.3 is 46.4 Å². The van der Waals surface area contributed by atoms with Crippen LogP contribution in [0.5, 0.6) is 0 Å². The number of aryl methyl sites for hydroxylation is 1. The molecule has 2 aliphatic rings. The van der Waals surface area contributed by atoms with Gasteiger partial charge in [-0.2, -0.15) is 15.2 Å². The molecule has 24 heteroatoms. The first-order valence-electron chi connectivity index (χ1n) is 27.4. The van der Waals surface area contributed by atoms with Gasteiger partial charge in [-0.3, -0.25) is 43.0 Å². The number of para-hydroxylation sites is 1. The number of esters is 1. The second-order valence-electron chi connectivity index (χ2n) is 20.5. The van der Waals surface area contributed by atoms with Crippen molar-refractivity contribution < 1.29 is 37.9 Å². The van der Waals surface area contributed by atoms with E-state index in [1.54, 1.807) is 78.7 Å². The standard InChI is InChI=1S/C58H67ClFN15O7/c1-36(2)82-53(80)34-64-50(77)33-63-51(78)35-75-47-12-7-10-41(43-30-48-38(29-45(43)60)31-66-71(48)4)54(47)55(70-75)37-19-23-74(24-20-37)52(79)18-17-49(76)62-21-8-22-72-25-27-73(28-26-72)40-15-13-39(14-16-40)67-58-65-32-44(59)56(69-58)68-46-11-6-5-9-42(46)57(81)61-3/h5-7,9-16,29-32,36-37H,8,17-28,33-35H2,1-4H3,(H,61,81)(H,62,76)(H,63,78)(H,64,77)(H2,65,67,68,69). The molecule has 82 heavy (non-hydrogen) atoms. The smallest absolute Gasteiger partial charge is 0.325 e. The second-order valence-corrected chi connectivity index (χ2v) is 20.9. The Morgan fingerprint density at radius 2 is 1.55 bits per heavy atom. The number of anilines is 5. The highest BCUT2D eigenvalue weighted by Crippen LogP contribution is 2.40. The molecule has 7 aromatic rings. The fourth-order valence-corrected chi connectivity index (χ4v) is 10.4. The summed E-state index contributed by atoms with van der Waals surface area (Å²) in [6.07, 6.45) is 4.79. The molecule has 0 bridgehead atoms. The molecule has 5 heterocycles. The largest absolute Gasteiger partial charge is 0.462 e. The number of likely N-dealkylation sites (tertiary alicyclic amines) is 1. The van der Waals surface area contributed by atoms with Crippen molar-refractivity contribution in [2.45, 2.75) is 64.5 Å². The van der Waals surface area contributed by atoms with Gasteiger partial charge >= 0.3 is 5.97 Å². The monoisotopic (exact) mass is 1140 g/mol.